The highest BCUT2D eigenvalue weighted by Crippen LogP contribution is 2.32. The fourth-order valence-electron chi connectivity index (χ4n) is 2.23. The molecular weight excluding hydrogens is 282 g/mol. The Kier molecular flexibility index (Phi) is 3.59. The third-order valence-electron chi connectivity index (χ3n) is 3.40. The Morgan fingerprint density at radius 2 is 2.14 bits per heavy atom. The second kappa shape index (κ2) is 5.54. The van der Waals surface area contributed by atoms with E-state index < -0.39 is 0 Å². The van der Waals surface area contributed by atoms with Crippen LogP contribution < -0.4 is 0 Å². The Morgan fingerprint density at radius 1 is 1.38 bits per heavy atom. The average molecular weight is 297 g/mol. The normalized spacial score (nSPS) is 11.5. The highest BCUT2D eigenvalue weighted by Gasteiger charge is 2.15. The van der Waals surface area contributed by atoms with E-state index in [1.165, 1.54) is 11.3 Å². The van der Waals surface area contributed by atoms with E-state index in [1.807, 2.05) is 28.7 Å². The summed E-state index contributed by atoms with van der Waals surface area (Å²) in [5.74, 6) is 0.665. The van der Waals surface area contributed by atoms with Crippen LogP contribution in [0.25, 0.3) is 16.0 Å². The number of benzene rings is 1. The van der Waals surface area contributed by atoms with Gasteiger partial charge in [0, 0.05) is 13.1 Å². The Labute approximate surface area is 126 Å². The number of hydrogen-bond donors (Lipinski definition) is 0. The van der Waals surface area contributed by atoms with Crippen molar-refractivity contribution < 1.29 is 0 Å². The molecule has 0 saturated carbocycles. The van der Waals surface area contributed by atoms with Crippen molar-refractivity contribution in [1.29, 1.82) is 5.26 Å². The smallest absolute Gasteiger partial charge is 0.197 e. The Morgan fingerprint density at radius 3 is 2.86 bits per heavy atom. The van der Waals surface area contributed by atoms with Crippen molar-refractivity contribution in [3.8, 4) is 6.07 Å². The van der Waals surface area contributed by atoms with Crippen LogP contribution in [0.15, 0.2) is 29.3 Å². The number of aromatic nitrogens is 2. The summed E-state index contributed by atoms with van der Waals surface area (Å²) in [6, 6.07) is 10.1. The molecule has 0 unspecified atom stereocenters. The minimum absolute atomic E-state index is 0.589. The standard InChI is InChI=1S/C15H15N5S/c1-3-19(4-2)10-17-14-13(9-16)21-15-18-11-7-5-6-8-12(11)20(14)15/h5-8,10H,3-4H2,1-2H3/b17-10+. The molecule has 21 heavy (non-hydrogen) atoms. The van der Waals surface area contributed by atoms with E-state index in [0.717, 1.165) is 29.1 Å². The second-order valence-electron chi connectivity index (χ2n) is 4.55. The third-order valence-corrected chi connectivity index (χ3v) is 4.33. The van der Waals surface area contributed by atoms with E-state index in [2.05, 4.69) is 34.8 Å². The topological polar surface area (TPSA) is 56.7 Å². The fraction of sp³-hybridized carbons (Fsp3) is 0.267. The van der Waals surface area contributed by atoms with Gasteiger partial charge in [0.15, 0.2) is 15.7 Å². The van der Waals surface area contributed by atoms with Crippen LogP contribution in [0.3, 0.4) is 0 Å². The number of rotatable bonds is 4. The van der Waals surface area contributed by atoms with Gasteiger partial charge < -0.3 is 4.90 Å². The monoisotopic (exact) mass is 297 g/mol. The van der Waals surface area contributed by atoms with Crippen molar-refractivity contribution in [2.75, 3.05) is 13.1 Å². The van der Waals surface area contributed by atoms with Crippen LogP contribution in [0.1, 0.15) is 18.7 Å². The third kappa shape index (κ3) is 2.26. The molecule has 0 fully saturated rings. The summed E-state index contributed by atoms with van der Waals surface area (Å²) >= 11 is 1.37. The number of nitrogens with zero attached hydrogens (tertiary/aromatic N) is 5. The SMILES string of the molecule is CCN(/C=N/c1c(C#N)sc2nc3ccccc3n12)CC. The molecule has 2 heterocycles. The van der Waals surface area contributed by atoms with E-state index in [-0.39, 0.29) is 0 Å². The molecule has 3 aromatic rings. The Bertz CT molecular complexity index is 848. The number of thiazole rings is 1. The van der Waals surface area contributed by atoms with Crippen LogP contribution in [0, 0.1) is 11.3 Å². The molecule has 1 aromatic carbocycles. The number of aliphatic imine (C=N–C) groups is 1. The molecule has 0 atom stereocenters. The molecule has 2 aromatic heterocycles. The number of nitriles is 1. The van der Waals surface area contributed by atoms with Crippen molar-refractivity contribution in [2.24, 2.45) is 4.99 Å². The molecule has 106 valence electrons. The first-order valence-electron chi connectivity index (χ1n) is 6.86. The largest absolute Gasteiger partial charge is 0.363 e. The number of fused-ring (bicyclic) bond motifs is 3. The Hall–Kier alpha value is -2.39. The van der Waals surface area contributed by atoms with Gasteiger partial charge in [-0.3, -0.25) is 4.40 Å². The number of imidazole rings is 1. The predicted molar refractivity (Wildman–Crippen MR) is 86.4 cm³/mol. The summed E-state index contributed by atoms with van der Waals surface area (Å²) in [5, 5.41) is 9.32. The van der Waals surface area contributed by atoms with Crippen LogP contribution in [-0.2, 0) is 0 Å². The molecule has 0 amide bonds. The van der Waals surface area contributed by atoms with Crippen LogP contribution in [0.2, 0.25) is 0 Å². The van der Waals surface area contributed by atoms with Crippen molar-refractivity contribution >= 4 is 39.5 Å². The Balaban J connectivity index is 2.21. The molecule has 0 aliphatic heterocycles. The predicted octanol–water partition coefficient (Wildman–Crippen LogP) is 3.42. The van der Waals surface area contributed by atoms with E-state index in [0.29, 0.717) is 10.7 Å². The zero-order valence-electron chi connectivity index (χ0n) is 11.9. The number of para-hydroxylation sites is 2. The zero-order chi connectivity index (χ0) is 14.8. The summed E-state index contributed by atoms with van der Waals surface area (Å²) in [7, 11) is 0. The van der Waals surface area contributed by atoms with Crippen LogP contribution in [-0.4, -0.2) is 33.7 Å². The van der Waals surface area contributed by atoms with Crippen LogP contribution in [0.5, 0.6) is 0 Å². The first-order valence-corrected chi connectivity index (χ1v) is 7.68. The lowest BCUT2D eigenvalue weighted by Crippen LogP contribution is -2.20. The molecule has 3 rings (SSSR count). The summed E-state index contributed by atoms with van der Waals surface area (Å²) < 4.78 is 1.96. The van der Waals surface area contributed by atoms with Crippen molar-refractivity contribution in [3.63, 3.8) is 0 Å². The van der Waals surface area contributed by atoms with Gasteiger partial charge in [-0.15, -0.1) is 0 Å². The molecule has 0 aliphatic rings. The minimum Gasteiger partial charge on any atom is -0.363 e. The highest BCUT2D eigenvalue weighted by atomic mass is 32.1. The van der Waals surface area contributed by atoms with Gasteiger partial charge in [-0.25, -0.2) is 9.98 Å². The maximum absolute atomic E-state index is 9.32. The molecule has 6 heteroatoms. The minimum atomic E-state index is 0.589. The van der Waals surface area contributed by atoms with E-state index in [4.69, 9.17) is 0 Å². The van der Waals surface area contributed by atoms with Gasteiger partial charge in [-0.1, -0.05) is 23.5 Å². The summed E-state index contributed by atoms with van der Waals surface area (Å²) in [4.78, 5) is 12.6. The van der Waals surface area contributed by atoms with Crippen molar-refractivity contribution in [1.82, 2.24) is 14.3 Å². The summed E-state index contributed by atoms with van der Waals surface area (Å²) in [5.41, 5.74) is 1.91. The fourth-order valence-corrected chi connectivity index (χ4v) is 3.11. The molecule has 0 spiro atoms. The molecule has 5 nitrogen and oxygen atoms in total. The van der Waals surface area contributed by atoms with Crippen LogP contribution in [0.4, 0.5) is 5.82 Å². The average Bonchev–Trinajstić information content (AvgIpc) is 3.04. The molecule has 0 bridgehead atoms. The lowest BCUT2D eigenvalue weighted by Gasteiger charge is -2.13. The molecule has 0 radical (unpaired) electrons. The maximum atomic E-state index is 9.32. The molecule has 0 saturated heterocycles. The van der Waals surface area contributed by atoms with Gasteiger partial charge in [0.25, 0.3) is 0 Å². The van der Waals surface area contributed by atoms with Gasteiger partial charge >= 0.3 is 0 Å². The van der Waals surface area contributed by atoms with Gasteiger partial charge in [0.1, 0.15) is 6.07 Å². The highest BCUT2D eigenvalue weighted by molar-refractivity contribution is 7.18. The van der Waals surface area contributed by atoms with Gasteiger partial charge in [-0.2, -0.15) is 5.26 Å². The maximum Gasteiger partial charge on any atom is 0.197 e. The van der Waals surface area contributed by atoms with E-state index in [1.54, 1.807) is 6.34 Å². The first-order chi connectivity index (χ1) is 10.3. The van der Waals surface area contributed by atoms with Crippen molar-refractivity contribution in [2.45, 2.75) is 13.8 Å². The van der Waals surface area contributed by atoms with Gasteiger partial charge in [-0.05, 0) is 26.0 Å². The summed E-state index contributed by atoms with van der Waals surface area (Å²) in [6.45, 7) is 5.94. The van der Waals surface area contributed by atoms with E-state index >= 15 is 0 Å². The van der Waals surface area contributed by atoms with E-state index in [9.17, 15) is 5.26 Å². The van der Waals surface area contributed by atoms with Crippen LogP contribution >= 0.6 is 11.3 Å². The number of hydrogen-bond acceptors (Lipinski definition) is 4. The second-order valence-corrected chi connectivity index (χ2v) is 5.53. The van der Waals surface area contributed by atoms with Crippen molar-refractivity contribution in [3.05, 3.63) is 29.1 Å². The molecule has 0 aliphatic carbocycles. The zero-order valence-corrected chi connectivity index (χ0v) is 12.8. The summed E-state index contributed by atoms with van der Waals surface area (Å²) in [6.07, 6.45) is 1.80. The quantitative estimate of drug-likeness (QED) is 0.547. The molecular formula is C15H15N5S. The first kappa shape index (κ1) is 13.6. The van der Waals surface area contributed by atoms with Gasteiger partial charge in [0.2, 0.25) is 0 Å². The molecule has 0 N–H and O–H groups in total. The lowest BCUT2D eigenvalue weighted by molar-refractivity contribution is 0.479. The lowest BCUT2D eigenvalue weighted by atomic mass is 10.3. The van der Waals surface area contributed by atoms with Gasteiger partial charge in [0.05, 0.1) is 17.4 Å².